The van der Waals surface area contributed by atoms with Crippen LogP contribution in [-0.4, -0.2) is 29.1 Å². The topological polar surface area (TPSA) is 90.1 Å². The fourth-order valence-corrected chi connectivity index (χ4v) is 1.98. The molecule has 0 aliphatic heterocycles. The van der Waals surface area contributed by atoms with Crippen molar-refractivity contribution in [1.29, 1.82) is 0 Å². The number of hydrogen-bond donors (Lipinski definition) is 2. The zero-order valence-corrected chi connectivity index (χ0v) is 11.7. The molecule has 0 amide bonds. The van der Waals surface area contributed by atoms with E-state index in [2.05, 4.69) is 20.0 Å². The van der Waals surface area contributed by atoms with E-state index >= 15 is 0 Å². The van der Waals surface area contributed by atoms with Gasteiger partial charge in [-0.15, -0.1) is 0 Å². The summed E-state index contributed by atoms with van der Waals surface area (Å²) in [6.07, 6.45) is 3.90. The average Bonchev–Trinajstić information content (AvgIpc) is 3.32. The number of rotatable bonds is 4. The van der Waals surface area contributed by atoms with Crippen LogP contribution in [0.4, 0.5) is 11.6 Å². The van der Waals surface area contributed by atoms with Crippen molar-refractivity contribution < 1.29 is 9.53 Å². The molecule has 6 nitrogen and oxygen atoms in total. The minimum absolute atomic E-state index is 0.367. The summed E-state index contributed by atoms with van der Waals surface area (Å²) >= 11 is 0. The molecule has 1 aromatic carbocycles. The summed E-state index contributed by atoms with van der Waals surface area (Å²) < 4.78 is 4.68. The fourth-order valence-electron chi connectivity index (χ4n) is 1.98. The third-order valence-corrected chi connectivity index (χ3v) is 3.31. The second kappa shape index (κ2) is 5.40. The summed E-state index contributed by atoms with van der Waals surface area (Å²) in [4.78, 5) is 20.1. The molecule has 1 fully saturated rings. The number of methoxy groups -OCH3 is 1. The quantitative estimate of drug-likeness (QED) is 0.835. The SMILES string of the molecule is COC(=O)c1ccc(-c2nc(NC3CC3)ncc2N)cc1. The second-order valence-electron chi connectivity index (χ2n) is 4.99. The molecule has 21 heavy (non-hydrogen) atoms. The zero-order valence-electron chi connectivity index (χ0n) is 11.7. The maximum Gasteiger partial charge on any atom is 0.337 e. The van der Waals surface area contributed by atoms with Crippen LogP contribution in [0.25, 0.3) is 11.3 Å². The number of carbonyl (C=O) groups is 1. The monoisotopic (exact) mass is 284 g/mol. The molecule has 1 aliphatic carbocycles. The van der Waals surface area contributed by atoms with E-state index in [9.17, 15) is 4.79 Å². The molecule has 0 unspecified atom stereocenters. The Kier molecular flexibility index (Phi) is 3.43. The maximum absolute atomic E-state index is 11.4. The first-order chi connectivity index (χ1) is 10.2. The highest BCUT2D eigenvalue weighted by atomic mass is 16.5. The van der Waals surface area contributed by atoms with Crippen LogP contribution in [0.3, 0.4) is 0 Å². The third-order valence-electron chi connectivity index (χ3n) is 3.31. The summed E-state index contributed by atoms with van der Waals surface area (Å²) in [6, 6.07) is 7.45. The largest absolute Gasteiger partial charge is 0.465 e. The van der Waals surface area contributed by atoms with Gasteiger partial charge in [0.15, 0.2) is 0 Å². The molecule has 0 spiro atoms. The van der Waals surface area contributed by atoms with E-state index in [4.69, 9.17) is 5.73 Å². The van der Waals surface area contributed by atoms with Gasteiger partial charge < -0.3 is 15.8 Å². The molecule has 108 valence electrons. The molecule has 1 saturated carbocycles. The average molecular weight is 284 g/mol. The molecule has 0 atom stereocenters. The van der Waals surface area contributed by atoms with Crippen molar-refractivity contribution in [2.75, 3.05) is 18.2 Å². The summed E-state index contributed by atoms with van der Waals surface area (Å²) in [5, 5.41) is 3.24. The highest BCUT2D eigenvalue weighted by molar-refractivity contribution is 5.90. The van der Waals surface area contributed by atoms with Gasteiger partial charge >= 0.3 is 5.97 Å². The molecule has 0 saturated heterocycles. The Bertz CT molecular complexity index is 666. The first-order valence-corrected chi connectivity index (χ1v) is 6.75. The molecule has 3 N–H and O–H groups in total. The van der Waals surface area contributed by atoms with Gasteiger partial charge in [0.25, 0.3) is 0 Å². The molecule has 3 rings (SSSR count). The van der Waals surface area contributed by atoms with Gasteiger partial charge in [0, 0.05) is 11.6 Å². The van der Waals surface area contributed by atoms with E-state index < -0.39 is 0 Å². The lowest BCUT2D eigenvalue weighted by Gasteiger charge is -2.08. The van der Waals surface area contributed by atoms with Crippen LogP contribution in [0.5, 0.6) is 0 Å². The van der Waals surface area contributed by atoms with Gasteiger partial charge in [-0.05, 0) is 25.0 Å². The van der Waals surface area contributed by atoms with Gasteiger partial charge in [-0.1, -0.05) is 12.1 Å². The minimum Gasteiger partial charge on any atom is -0.465 e. The normalized spacial score (nSPS) is 13.8. The minimum atomic E-state index is -0.367. The van der Waals surface area contributed by atoms with Crippen molar-refractivity contribution in [2.24, 2.45) is 0 Å². The van der Waals surface area contributed by atoms with Crippen molar-refractivity contribution in [3.63, 3.8) is 0 Å². The summed E-state index contributed by atoms with van der Waals surface area (Å²) in [6.45, 7) is 0. The predicted molar refractivity (Wildman–Crippen MR) is 79.9 cm³/mol. The van der Waals surface area contributed by atoms with Crippen LogP contribution in [-0.2, 0) is 4.74 Å². The van der Waals surface area contributed by atoms with Crippen LogP contribution in [0, 0.1) is 0 Å². The number of nitrogens with zero attached hydrogens (tertiary/aromatic N) is 2. The Hall–Kier alpha value is -2.63. The van der Waals surface area contributed by atoms with E-state index in [1.807, 2.05) is 0 Å². The highest BCUT2D eigenvalue weighted by Crippen LogP contribution is 2.27. The number of nitrogen functional groups attached to an aromatic ring is 1. The zero-order chi connectivity index (χ0) is 14.8. The van der Waals surface area contributed by atoms with Crippen molar-refractivity contribution >= 4 is 17.6 Å². The Morgan fingerprint density at radius 3 is 2.67 bits per heavy atom. The summed E-state index contributed by atoms with van der Waals surface area (Å²) in [5.74, 6) is 0.215. The number of aromatic nitrogens is 2. The number of anilines is 2. The lowest BCUT2D eigenvalue weighted by Crippen LogP contribution is -2.07. The molecular formula is C15H16N4O2. The van der Waals surface area contributed by atoms with E-state index in [-0.39, 0.29) is 5.97 Å². The Balaban J connectivity index is 1.89. The third kappa shape index (κ3) is 2.94. The number of esters is 1. The predicted octanol–water partition coefficient (Wildman–Crippen LogP) is 2.09. The maximum atomic E-state index is 11.4. The molecule has 2 aromatic rings. The van der Waals surface area contributed by atoms with Gasteiger partial charge in [-0.2, -0.15) is 0 Å². The molecule has 1 aromatic heterocycles. The number of carbonyl (C=O) groups excluding carboxylic acids is 1. The lowest BCUT2D eigenvalue weighted by atomic mass is 10.1. The van der Waals surface area contributed by atoms with Gasteiger partial charge in [-0.25, -0.2) is 14.8 Å². The van der Waals surface area contributed by atoms with Crippen LogP contribution >= 0.6 is 0 Å². The first kappa shape index (κ1) is 13.4. The Morgan fingerprint density at radius 1 is 1.33 bits per heavy atom. The molecule has 0 bridgehead atoms. The first-order valence-electron chi connectivity index (χ1n) is 6.75. The Morgan fingerprint density at radius 2 is 2.05 bits per heavy atom. The van der Waals surface area contributed by atoms with Gasteiger partial charge in [0.1, 0.15) is 0 Å². The van der Waals surface area contributed by atoms with Crippen LogP contribution < -0.4 is 11.1 Å². The Labute approximate surface area is 122 Å². The highest BCUT2D eigenvalue weighted by Gasteiger charge is 2.22. The second-order valence-corrected chi connectivity index (χ2v) is 4.99. The van der Waals surface area contributed by atoms with E-state index in [0.717, 1.165) is 18.4 Å². The van der Waals surface area contributed by atoms with Crippen LogP contribution in [0.2, 0.25) is 0 Å². The summed E-state index contributed by atoms with van der Waals surface area (Å²) in [7, 11) is 1.36. The number of benzene rings is 1. The van der Waals surface area contributed by atoms with Crippen molar-refractivity contribution in [1.82, 2.24) is 9.97 Å². The number of hydrogen-bond acceptors (Lipinski definition) is 6. The number of ether oxygens (including phenoxy) is 1. The molecule has 1 aliphatic rings. The van der Waals surface area contributed by atoms with E-state index in [0.29, 0.717) is 28.9 Å². The molecular weight excluding hydrogens is 268 g/mol. The number of nitrogens with two attached hydrogens (primary N) is 1. The molecule has 6 heteroatoms. The van der Waals surface area contributed by atoms with Gasteiger partial charge in [-0.3, -0.25) is 0 Å². The van der Waals surface area contributed by atoms with Crippen molar-refractivity contribution in [3.8, 4) is 11.3 Å². The van der Waals surface area contributed by atoms with Crippen LogP contribution in [0.15, 0.2) is 30.5 Å². The number of nitrogens with one attached hydrogen (secondary N) is 1. The lowest BCUT2D eigenvalue weighted by molar-refractivity contribution is 0.0601. The fraction of sp³-hybridized carbons (Fsp3) is 0.267. The van der Waals surface area contributed by atoms with E-state index in [1.54, 1.807) is 30.5 Å². The van der Waals surface area contributed by atoms with Crippen LogP contribution in [0.1, 0.15) is 23.2 Å². The van der Waals surface area contributed by atoms with Crippen molar-refractivity contribution in [2.45, 2.75) is 18.9 Å². The molecule has 1 heterocycles. The van der Waals surface area contributed by atoms with Gasteiger partial charge in [0.2, 0.25) is 5.95 Å². The molecule has 0 radical (unpaired) electrons. The smallest absolute Gasteiger partial charge is 0.337 e. The van der Waals surface area contributed by atoms with Crippen molar-refractivity contribution in [3.05, 3.63) is 36.0 Å². The van der Waals surface area contributed by atoms with Gasteiger partial charge in [0.05, 0.1) is 30.3 Å². The summed E-state index contributed by atoms with van der Waals surface area (Å²) in [5.41, 5.74) is 8.43. The standard InChI is InChI=1S/C15H16N4O2/c1-21-14(20)10-4-2-9(3-5-10)13-12(16)8-17-15(19-13)18-11-6-7-11/h2-5,8,11H,6-7,16H2,1H3,(H,17,18,19). The van der Waals surface area contributed by atoms with E-state index in [1.165, 1.54) is 7.11 Å².